The molecular weight excluding hydrogens is 311 g/mol. The molecular formula is C15H16Cl2N2S. The van der Waals surface area contributed by atoms with Crippen LogP contribution in [0.5, 0.6) is 0 Å². The van der Waals surface area contributed by atoms with E-state index in [4.69, 9.17) is 40.4 Å². The lowest BCUT2D eigenvalue weighted by Crippen LogP contribution is -2.41. The number of benzene rings is 1. The molecule has 1 aromatic rings. The molecule has 1 aliphatic carbocycles. The Hall–Kier alpha value is -0.640. The smallest absolute Gasteiger partial charge is 0.131 e. The van der Waals surface area contributed by atoms with E-state index in [1.807, 2.05) is 12.1 Å². The minimum Gasteiger partial charge on any atom is -0.351 e. The quantitative estimate of drug-likeness (QED) is 0.752. The van der Waals surface area contributed by atoms with Crippen molar-refractivity contribution >= 4 is 46.1 Å². The largest absolute Gasteiger partial charge is 0.351 e. The van der Waals surface area contributed by atoms with Crippen LogP contribution in [-0.2, 0) is 0 Å². The summed E-state index contributed by atoms with van der Waals surface area (Å²) in [6, 6.07) is 5.46. The monoisotopic (exact) mass is 326 g/mol. The van der Waals surface area contributed by atoms with Crippen LogP contribution in [0, 0.1) is 0 Å². The molecule has 1 fully saturated rings. The van der Waals surface area contributed by atoms with Crippen LogP contribution >= 0.6 is 35.4 Å². The van der Waals surface area contributed by atoms with Crippen LogP contribution in [0.3, 0.4) is 0 Å². The van der Waals surface area contributed by atoms with Gasteiger partial charge in [0, 0.05) is 10.6 Å². The Labute approximate surface area is 134 Å². The number of halogens is 2. The molecule has 20 heavy (non-hydrogen) atoms. The van der Waals surface area contributed by atoms with Gasteiger partial charge in [0.1, 0.15) is 16.4 Å². The first-order valence-electron chi connectivity index (χ1n) is 6.97. The zero-order valence-electron chi connectivity index (χ0n) is 11.1. The Morgan fingerprint density at radius 1 is 1.10 bits per heavy atom. The molecule has 1 aliphatic heterocycles. The molecule has 0 amide bonds. The highest BCUT2D eigenvalue weighted by molar-refractivity contribution is 7.82. The van der Waals surface area contributed by atoms with E-state index in [1.165, 1.54) is 25.7 Å². The Bertz CT molecular complexity index is 575. The molecule has 1 saturated carbocycles. The first-order chi connectivity index (χ1) is 9.60. The first kappa shape index (κ1) is 14.3. The van der Waals surface area contributed by atoms with Crippen molar-refractivity contribution in [3.63, 3.8) is 0 Å². The van der Waals surface area contributed by atoms with E-state index in [2.05, 4.69) is 5.32 Å². The van der Waals surface area contributed by atoms with E-state index >= 15 is 0 Å². The summed E-state index contributed by atoms with van der Waals surface area (Å²) >= 11 is 17.7. The molecule has 3 rings (SSSR count). The van der Waals surface area contributed by atoms with E-state index in [-0.39, 0.29) is 5.66 Å². The highest BCUT2D eigenvalue weighted by Crippen LogP contribution is 2.33. The fourth-order valence-electron chi connectivity index (χ4n) is 2.98. The third-order valence-corrected chi connectivity index (χ3v) is 4.85. The van der Waals surface area contributed by atoms with Crippen molar-refractivity contribution in [1.82, 2.24) is 5.32 Å². The summed E-state index contributed by atoms with van der Waals surface area (Å²) in [5, 5.41) is 4.66. The predicted molar refractivity (Wildman–Crippen MR) is 89.2 cm³/mol. The maximum absolute atomic E-state index is 6.28. The standard InChI is InChI=1S/C15H16Cl2N2S/c16-10-5-6-11(12(17)9-10)13-14(20)19-15(18-13)7-3-1-2-4-8-15/h5-6,9H,1-4,7-8H2,(H,19,20). The van der Waals surface area contributed by atoms with Gasteiger partial charge in [-0.05, 0) is 43.9 Å². The van der Waals surface area contributed by atoms with Crippen molar-refractivity contribution in [3.8, 4) is 0 Å². The predicted octanol–water partition coefficient (Wildman–Crippen LogP) is 4.76. The number of nitrogens with zero attached hydrogens (tertiary/aromatic N) is 1. The van der Waals surface area contributed by atoms with Crippen LogP contribution in [0.25, 0.3) is 0 Å². The molecule has 0 unspecified atom stereocenters. The lowest BCUT2D eigenvalue weighted by molar-refractivity contribution is 0.360. The molecule has 1 N–H and O–H groups in total. The average Bonchev–Trinajstić information content (AvgIpc) is 2.58. The van der Waals surface area contributed by atoms with Gasteiger partial charge in [-0.25, -0.2) is 0 Å². The molecule has 2 nitrogen and oxygen atoms in total. The molecule has 0 atom stereocenters. The van der Waals surface area contributed by atoms with Crippen molar-refractivity contribution in [1.29, 1.82) is 0 Å². The minimum atomic E-state index is -0.202. The summed E-state index contributed by atoms with van der Waals surface area (Å²) in [6.07, 6.45) is 7.04. The molecule has 0 saturated heterocycles. The van der Waals surface area contributed by atoms with E-state index in [9.17, 15) is 0 Å². The van der Waals surface area contributed by atoms with E-state index in [1.54, 1.807) is 6.07 Å². The van der Waals surface area contributed by atoms with Gasteiger partial charge in [-0.1, -0.05) is 48.3 Å². The normalized spacial score (nSPS) is 21.5. The number of aliphatic imine (C=N–C) groups is 1. The van der Waals surface area contributed by atoms with Crippen LogP contribution < -0.4 is 5.32 Å². The molecule has 0 aromatic heterocycles. The summed E-state index contributed by atoms with van der Waals surface area (Å²) in [7, 11) is 0. The number of thiocarbonyl (C=S) groups is 1. The second-order valence-corrected chi connectivity index (χ2v) is 6.74. The average molecular weight is 327 g/mol. The van der Waals surface area contributed by atoms with Crippen LogP contribution in [-0.4, -0.2) is 16.4 Å². The van der Waals surface area contributed by atoms with Crippen molar-refractivity contribution in [3.05, 3.63) is 33.8 Å². The molecule has 0 bridgehead atoms. The van der Waals surface area contributed by atoms with Crippen molar-refractivity contribution < 1.29 is 0 Å². The zero-order valence-corrected chi connectivity index (χ0v) is 13.4. The van der Waals surface area contributed by atoms with Crippen LogP contribution in [0.15, 0.2) is 23.2 Å². The van der Waals surface area contributed by atoms with Gasteiger partial charge in [0.05, 0.1) is 5.02 Å². The summed E-state index contributed by atoms with van der Waals surface area (Å²) in [5.41, 5.74) is 1.48. The Balaban J connectivity index is 1.98. The highest BCUT2D eigenvalue weighted by Gasteiger charge is 2.38. The van der Waals surface area contributed by atoms with Gasteiger partial charge in [0.2, 0.25) is 0 Å². The van der Waals surface area contributed by atoms with E-state index < -0.39 is 0 Å². The molecule has 1 aromatic carbocycles. The lowest BCUT2D eigenvalue weighted by Gasteiger charge is -2.24. The first-order valence-corrected chi connectivity index (χ1v) is 8.14. The van der Waals surface area contributed by atoms with Gasteiger partial charge in [-0.3, -0.25) is 4.99 Å². The fraction of sp³-hybridized carbons (Fsp3) is 0.467. The number of hydrogen-bond acceptors (Lipinski definition) is 2. The summed E-state index contributed by atoms with van der Waals surface area (Å²) in [4.78, 5) is 5.62. The number of hydrogen-bond donors (Lipinski definition) is 1. The molecule has 1 spiro atoms. The summed E-state index contributed by atoms with van der Waals surface area (Å²) in [5.74, 6) is 0. The van der Waals surface area contributed by atoms with Crippen LogP contribution in [0.1, 0.15) is 44.1 Å². The SMILES string of the molecule is S=C1NC2(CCCCCC2)N=C1c1ccc(Cl)cc1Cl. The van der Waals surface area contributed by atoms with E-state index in [0.29, 0.717) is 15.0 Å². The molecule has 106 valence electrons. The van der Waals surface area contributed by atoms with Crippen LogP contribution in [0.2, 0.25) is 10.0 Å². The molecule has 2 aliphatic rings. The van der Waals surface area contributed by atoms with Crippen LogP contribution in [0.4, 0.5) is 0 Å². The second-order valence-electron chi connectivity index (χ2n) is 5.48. The minimum absolute atomic E-state index is 0.202. The van der Waals surface area contributed by atoms with Gasteiger partial charge in [-0.15, -0.1) is 0 Å². The van der Waals surface area contributed by atoms with Gasteiger partial charge >= 0.3 is 0 Å². The topological polar surface area (TPSA) is 24.4 Å². The van der Waals surface area contributed by atoms with Gasteiger partial charge in [0.15, 0.2) is 0 Å². The highest BCUT2D eigenvalue weighted by atomic mass is 35.5. The molecule has 1 heterocycles. The lowest BCUT2D eigenvalue weighted by atomic mass is 10.0. The van der Waals surface area contributed by atoms with Gasteiger partial charge in [-0.2, -0.15) is 0 Å². The Morgan fingerprint density at radius 2 is 1.80 bits per heavy atom. The zero-order chi connectivity index (χ0) is 14.2. The van der Waals surface area contributed by atoms with Crippen molar-refractivity contribution in [2.45, 2.75) is 44.2 Å². The third kappa shape index (κ3) is 2.72. The number of rotatable bonds is 1. The second kappa shape index (κ2) is 5.63. The van der Waals surface area contributed by atoms with Gasteiger partial charge < -0.3 is 5.32 Å². The Morgan fingerprint density at radius 3 is 2.45 bits per heavy atom. The number of nitrogens with one attached hydrogen (secondary N) is 1. The van der Waals surface area contributed by atoms with Crippen molar-refractivity contribution in [2.75, 3.05) is 0 Å². The summed E-state index contributed by atoms with van der Waals surface area (Å²) < 4.78 is 0. The maximum atomic E-state index is 6.28. The van der Waals surface area contributed by atoms with Gasteiger partial charge in [0.25, 0.3) is 0 Å². The molecule has 5 heteroatoms. The third-order valence-electron chi connectivity index (χ3n) is 4.00. The Kier molecular flexibility index (Phi) is 4.02. The van der Waals surface area contributed by atoms with Crippen molar-refractivity contribution in [2.24, 2.45) is 4.99 Å². The fourth-order valence-corrected chi connectivity index (χ4v) is 3.82. The van der Waals surface area contributed by atoms with E-state index in [0.717, 1.165) is 24.1 Å². The molecule has 0 radical (unpaired) electrons. The summed E-state index contributed by atoms with van der Waals surface area (Å²) in [6.45, 7) is 0. The maximum Gasteiger partial charge on any atom is 0.131 e.